The first kappa shape index (κ1) is 15.4. The summed E-state index contributed by atoms with van der Waals surface area (Å²) in [6, 6.07) is 7.59. The molecule has 114 valence electrons. The van der Waals surface area contributed by atoms with Crippen molar-refractivity contribution in [3.05, 3.63) is 30.5 Å². The molecule has 0 saturated carbocycles. The number of nitrogens with zero attached hydrogens (tertiary/aromatic N) is 1. The van der Waals surface area contributed by atoms with Gasteiger partial charge >= 0.3 is 6.03 Å². The summed E-state index contributed by atoms with van der Waals surface area (Å²) in [5, 5.41) is 16.2. The largest absolute Gasteiger partial charge is 0.391 e. The number of carbonyl (C=O) groups is 1. The molecule has 1 aromatic carbocycles. The number of aliphatic hydroxyl groups is 1. The number of benzene rings is 1. The number of aromatic nitrogens is 1. The Bertz CT molecular complexity index is 607. The third-order valence-corrected chi connectivity index (χ3v) is 3.49. The van der Waals surface area contributed by atoms with Crippen molar-refractivity contribution in [3.63, 3.8) is 0 Å². The predicted octanol–water partition coefficient (Wildman–Crippen LogP) is 2.94. The Morgan fingerprint density at radius 3 is 2.86 bits per heavy atom. The summed E-state index contributed by atoms with van der Waals surface area (Å²) in [4.78, 5) is 11.8. The minimum absolute atomic E-state index is 0.271. The van der Waals surface area contributed by atoms with E-state index in [2.05, 4.69) is 28.2 Å². The van der Waals surface area contributed by atoms with Gasteiger partial charge in [0.15, 0.2) is 0 Å². The molecule has 3 N–H and O–H groups in total. The lowest BCUT2D eigenvalue weighted by Gasteiger charge is -2.12. The van der Waals surface area contributed by atoms with Crippen molar-refractivity contribution in [1.29, 1.82) is 0 Å². The number of rotatable bonds is 6. The molecule has 5 nitrogen and oxygen atoms in total. The molecular formula is C16H23N3O2. The number of anilines is 1. The van der Waals surface area contributed by atoms with Gasteiger partial charge in [-0.2, -0.15) is 0 Å². The van der Waals surface area contributed by atoms with Crippen molar-refractivity contribution in [3.8, 4) is 0 Å². The quantitative estimate of drug-likeness (QED) is 0.765. The molecule has 0 aliphatic heterocycles. The van der Waals surface area contributed by atoms with Gasteiger partial charge in [0.2, 0.25) is 0 Å². The van der Waals surface area contributed by atoms with Crippen molar-refractivity contribution in [1.82, 2.24) is 9.88 Å². The van der Waals surface area contributed by atoms with Crippen LogP contribution in [0.1, 0.15) is 26.7 Å². The number of aliphatic hydroxyl groups excluding tert-OH is 1. The molecule has 5 heteroatoms. The number of hydrogen-bond donors (Lipinski definition) is 3. The van der Waals surface area contributed by atoms with Crippen LogP contribution >= 0.6 is 0 Å². The van der Waals surface area contributed by atoms with Crippen LogP contribution in [-0.4, -0.2) is 28.4 Å². The second-order valence-electron chi connectivity index (χ2n) is 5.15. The summed E-state index contributed by atoms with van der Waals surface area (Å²) < 4.78 is 2.13. The van der Waals surface area contributed by atoms with Crippen molar-refractivity contribution in [2.75, 3.05) is 11.9 Å². The Morgan fingerprint density at radius 2 is 2.14 bits per heavy atom. The standard InChI is InChI=1S/C16H23N3O2/c1-3-5-14(20)11-17-16(21)18-13-7-6-12-8-9-19(4-2)15(12)10-13/h6-10,14,20H,3-5,11H2,1-2H3,(H2,17,18,21). The maximum atomic E-state index is 11.8. The highest BCUT2D eigenvalue weighted by molar-refractivity contribution is 5.92. The molecule has 1 unspecified atom stereocenters. The molecule has 0 bridgehead atoms. The summed E-state index contributed by atoms with van der Waals surface area (Å²) in [6.45, 7) is 5.25. The zero-order valence-corrected chi connectivity index (χ0v) is 12.6. The van der Waals surface area contributed by atoms with E-state index in [9.17, 15) is 9.90 Å². The smallest absolute Gasteiger partial charge is 0.319 e. The number of urea groups is 1. The number of carbonyl (C=O) groups excluding carboxylic acids is 1. The topological polar surface area (TPSA) is 66.3 Å². The van der Waals surface area contributed by atoms with Gasteiger partial charge < -0.3 is 20.3 Å². The Morgan fingerprint density at radius 1 is 1.33 bits per heavy atom. The average molecular weight is 289 g/mol. The summed E-state index contributed by atoms with van der Waals surface area (Å²) in [5.41, 5.74) is 1.85. The van der Waals surface area contributed by atoms with E-state index in [4.69, 9.17) is 0 Å². The number of hydrogen-bond acceptors (Lipinski definition) is 2. The van der Waals surface area contributed by atoms with Gasteiger partial charge in [-0.15, -0.1) is 0 Å². The Labute approximate surface area is 125 Å². The normalized spacial score (nSPS) is 12.3. The lowest BCUT2D eigenvalue weighted by atomic mass is 10.2. The van der Waals surface area contributed by atoms with E-state index >= 15 is 0 Å². The molecule has 0 spiro atoms. The van der Waals surface area contributed by atoms with Crippen molar-refractivity contribution < 1.29 is 9.90 Å². The number of nitrogens with one attached hydrogen (secondary N) is 2. The van der Waals surface area contributed by atoms with Crippen LogP contribution in [0.15, 0.2) is 30.5 Å². The van der Waals surface area contributed by atoms with Crippen LogP contribution in [0.5, 0.6) is 0 Å². The Hall–Kier alpha value is -2.01. The van der Waals surface area contributed by atoms with E-state index in [1.165, 1.54) is 0 Å². The van der Waals surface area contributed by atoms with Crippen LogP contribution < -0.4 is 10.6 Å². The third-order valence-electron chi connectivity index (χ3n) is 3.49. The molecule has 21 heavy (non-hydrogen) atoms. The van der Waals surface area contributed by atoms with Crippen LogP contribution in [0.25, 0.3) is 10.9 Å². The van der Waals surface area contributed by atoms with E-state index in [0.29, 0.717) is 6.42 Å². The van der Waals surface area contributed by atoms with Crippen molar-refractivity contribution in [2.45, 2.75) is 39.3 Å². The molecule has 0 aliphatic carbocycles. The van der Waals surface area contributed by atoms with Gasteiger partial charge in [-0.05, 0) is 36.9 Å². The SMILES string of the molecule is CCCC(O)CNC(=O)Nc1ccc2ccn(CC)c2c1. The zero-order chi connectivity index (χ0) is 15.2. The van der Waals surface area contributed by atoms with Crippen LogP contribution in [0.3, 0.4) is 0 Å². The summed E-state index contributed by atoms with van der Waals surface area (Å²) in [7, 11) is 0. The second kappa shape index (κ2) is 7.13. The van der Waals surface area contributed by atoms with Gasteiger partial charge in [0.1, 0.15) is 0 Å². The van der Waals surface area contributed by atoms with Crippen LogP contribution in [0.4, 0.5) is 10.5 Å². The monoisotopic (exact) mass is 289 g/mol. The fraction of sp³-hybridized carbons (Fsp3) is 0.438. The van der Waals surface area contributed by atoms with Crippen LogP contribution in [-0.2, 0) is 6.54 Å². The molecule has 0 radical (unpaired) electrons. The maximum absolute atomic E-state index is 11.8. The maximum Gasteiger partial charge on any atom is 0.319 e. The zero-order valence-electron chi connectivity index (χ0n) is 12.6. The lowest BCUT2D eigenvalue weighted by molar-refractivity contribution is 0.162. The second-order valence-corrected chi connectivity index (χ2v) is 5.15. The third kappa shape index (κ3) is 3.98. The van der Waals surface area contributed by atoms with E-state index in [-0.39, 0.29) is 12.6 Å². The first-order valence-corrected chi connectivity index (χ1v) is 7.45. The molecule has 2 rings (SSSR count). The minimum Gasteiger partial charge on any atom is -0.391 e. The van der Waals surface area contributed by atoms with E-state index in [0.717, 1.165) is 29.6 Å². The predicted molar refractivity (Wildman–Crippen MR) is 85.5 cm³/mol. The summed E-state index contributed by atoms with van der Waals surface area (Å²) in [6.07, 6.45) is 3.14. The molecule has 0 fully saturated rings. The number of fused-ring (bicyclic) bond motifs is 1. The van der Waals surface area contributed by atoms with E-state index < -0.39 is 6.10 Å². The van der Waals surface area contributed by atoms with Gasteiger partial charge in [0.25, 0.3) is 0 Å². The van der Waals surface area contributed by atoms with Gasteiger partial charge in [0.05, 0.1) is 11.6 Å². The van der Waals surface area contributed by atoms with Crippen molar-refractivity contribution in [2.24, 2.45) is 0 Å². The highest BCUT2D eigenvalue weighted by atomic mass is 16.3. The van der Waals surface area contributed by atoms with Crippen LogP contribution in [0.2, 0.25) is 0 Å². The van der Waals surface area contributed by atoms with E-state index in [1.54, 1.807) is 0 Å². The molecule has 1 aromatic heterocycles. The lowest BCUT2D eigenvalue weighted by Crippen LogP contribution is -2.35. The highest BCUT2D eigenvalue weighted by Gasteiger charge is 2.07. The molecular weight excluding hydrogens is 266 g/mol. The molecule has 2 aromatic rings. The Balaban J connectivity index is 1.97. The minimum atomic E-state index is -0.486. The van der Waals surface area contributed by atoms with Crippen LogP contribution in [0, 0.1) is 0 Å². The molecule has 1 heterocycles. The summed E-state index contributed by atoms with van der Waals surface area (Å²) in [5.74, 6) is 0. The first-order valence-electron chi connectivity index (χ1n) is 7.45. The fourth-order valence-corrected chi connectivity index (χ4v) is 2.36. The fourth-order valence-electron chi connectivity index (χ4n) is 2.36. The molecule has 2 amide bonds. The van der Waals surface area contributed by atoms with E-state index in [1.807, 2.05) is 31.3 Å². The summed E-state index contributed by atoms with van der Waals surface area (Å²) >= 11 is 0. The van der Waals surface area contributed by atoms with Gasteiger partial charge in [-0.1, -0.05) is 19.4 Å². The number of aryl methyl sites for hydroxylation is 1. The Kier molecular flexibility index (Phi) is 5.22. The molecule has 1 atom stereocenters. The molecule has 0 aliphatic rings. The average Bonchev–Trinajstić information content (AvgIpc) is 2.88. The van der Waals surface area contributed by atoms with Crippen molar-refractivity contribution >= 4 is 22.6 Å². The first-order chi connectivity index (χ1) is 10.1. The highest BCUT2D eigenvalue weighted by Crippen LogP contribution is 2.20. The molecule has 0 saturated heterocycles. The number of amides is 2. The van der Waals surface area contributed by atoms with Gasteiger partial charge in [-0.25, -0.2) is 4.79 Å². The van der Waals surface area contributed by atoms with Gasteiger partial charge in [-0.3, -0.25) is 0 Å². The van der Waals surface area contributed by atoms with Gasteiger partial charge in [0, 0.05) is 25.0 Å².